The Morgan fingerprint density at radius 2 is 1.92 bits per heavy atom. The van der Waals surface area contributed by atoms with Gasteiger partial charge in [-0.05, 0) is 70.8 Å². The topological polar surface area (TPSA) is 79.7 Å². The Morgan fingerprint density at radius 3 is 2.69 bits per heavy atom. The van der Waals surface area contributed by atoms with Crippen LogP contribution in [0, 0.1) is 6.92 Å². The van der Waals surface area contributed by atoms with Gasteiger partial charge in [-0.3, -0.25) is 9.69 Å². The third-order valence-electron chi connectivity index (χ3n) is 6.53. The number of pyridine rings is 1. The fourth-order valence-electron chi connectivity index (χ4n) is 4.68. The van der Waals surface area contributed by atoms with E-state index in [4.69, 9.17) is 0 Å². The average molecular weight is 499 g/mol. The molecule has 3 aromatic heterocycles. The van der Waals surface area contributed by atoms with Gasteiger partial charge in [0.25, 0.3) is 5.56 Å². The summed E-state index contributed by atoms with van der Waals surface area (Å²) in [7, 11) is 0. The summed E-state index contributed by atoms with van der Waals surface area (Å²) in [6, 6.07) is 22.7. The second-order valence-electron chi connectivity index (χ2n) is 9.12. The SMILES string of the molecule is CC[C@H](c1nnnn1CCc1ccccc1)N(Cc1cccs1)Cc1cc2cc(C)ccc2[nH]c1=O. The largest absolute Gasteiger partial charge is 0.322 e. The molecule has 0 fully saturated rings. The van der Waals surface area contributed by atoms with Gasteiger partial charge in [-0.2, -0.15) is 0 Å². The number of thiophene rings is 1. The lowest BCUT2D eigenvalue weighted by Gasteiger charge is -2.30. The normalized spacial score (nSPS) is 12.4. The quantitative estimate of drug-likeness (QED) is 0.283. The van der Waals surface area contributed by atoms with E-state index in [1.165, 1.54) is 16.0 Å². The lowest BCUT2D eigenvalue weighted by Crippen LogP contribution is -2.32. The molecule has 0 unspecified atom stereocenters. The summed E-state index contributed by atoms with van der Waals surface area (Å²) in [5, 5.41) is 15.9. The Labute approximate surface area is 214 Å². The van der Waals surface area contributed by atoms with Crippen LogP contribution in [-0.2, 0) is 26.1 Å². The number of aromatic amines is 1. The maximum Gasteiger partial charge on any atom is 0.252 e. The molecule has 0 aliphatic rings. The molecule has 2 aromatic carbocycles. The number of fused-ring (bicyclic) bond motifs is 1. The number of nitrogens with zero attached hydrogens (tertiary/aromatic N) is 5. The lowest BCUT2D eigenvalue weighted by atomic mass is 10.1. The molecule has 0 aliphatic carbocycles. The molecule has 0 spiro atoms. The number of hydrogen-bond donors (Lipinski definition) is 1. The van der Waals surface area contributed by atoms with Crippen molar-refractivity contribution >= 4 is 22.2 Å². The van der Waals surface area contributed by atoms with Gasteiger partial charge < -0.3 is 4.98 Å². The number of tetrazole rings is 1. The first-order valence-corrected chi connectivity index (χ1v) is 13.2. The molecule has 0 saturated heterocycles. The molecule has 36 heavy (non-hydrogen) atoms. The molecule has 0 saturated carbocycles. The maximum atomic E-state index is 13.1. The van der Waals surface area contributed by atoms with Crippen LogP contribution in [0.4, 0.5) is 0 Å². The summed E-state index contributed by atoms with van der Waals surface area (Å²) in [4.78, 5) is 19.7. The van der Waals surface area contributed by atoms with Gasteiger partial charge in [0.15, 0.2) is 5.82 Å². The van der Waals surface area contributed by atoms with Crippen molar-refractivity contribution < 1.29 is 0 Å². The Morgan fingerprint density at radius 1 is 1.06 bits per heavy atom. The molecule has 1 N–H and O–H groups in total. The summed E-state index contributed by atoms with van der Waals surface area (Å²) in [6.45, 7) is 6.13. The zero-order valence-electron chi connectivity index (χ0n) is 20.6. The molecule has 5 rings (SSSR count). The van der Waals surface area contributed by atoms with Crippen LogP contribution >= 0.6 is 11.3 Å². The molecule has 0 bridgehead atoms. The number of aromatic nitrogens is 5. The van der Waals surface area contributed by atoms with Crippen LogP contribution in [0.25, 0.3) is 10.9 Å². The Hall–Kier alpha value is -3.62. The van der Waals surface area contributed by atoms with Crippen molar-refractivity contribution in [3.05, 3.63) is 110 Å². The summed E-state index contributed by atoms with van der Waals surface area (Å²) in [5.74, 6) is 0.832. The van der Waals surface area contributed by atoms with E-state index in [1.807, 2.05) is 28.9 Å². The van der Waals surface area contributed by atoms with E-state index < -0.39 is 0 Å². The molecule has 5 aromatic rings. The summed E-state index contributed by atoms with van der Waals surface area (Å²) in [5.41, 5.74) is 3.96. The first-order valence-electron chi connectivity index (χ1n) is 12.3. The average Bonchev–Trinajstić information content (AvgIpc) is 3.57. The highest BCUT2D eigenvalue weighted by molar-refractivity contribution is 7.09. The molecule has 7 nitrogen and oxygen atoms in total. The Kier molecular flexibility index (Phi) is 7.34. The van der Waals surface area contributed by atoms with Gasteiger partial charge in [0.2, 0.25) is 0 Å². The molecule has 0 amide bonds. The van der Waals surface area contributed by atoms with E-state index in [9.17, 15) is 4.79 Å². The predicted molar refractivity (Wildman–Crippen MR) is 144 cm³/mol. The highest BCUT2D eigenvalue weighted by Gasteiger charge is 2.26. The highest BCUT2D eigenvalue weighted by Crippen LogP contribution is 2.28. The third-order valence-corrected chi connectivity index (χ3v) is 7.39. The van der Waals surface area contributed by atoms with E-state index >= 15 is 0 Å². The van der Waals surface area contributed by atoms with E-state index in [-0.39, 0.29) is 11.6 Å². The van der Waals surface area contributed by atoms with Gasteiger partial charge in [0.05, 0.1) is 6.04 Å². The Balaban J connectivity index is 1.46. The van der Waals surface area contributed by atoms with Crippen molar-refractivity contribution in [3.8, 4) is 0 Å². The predicted octanol–water partition coefficient (Wildman–Crippen LogP) is 5.28. The molecule has 3 heterocycles. The van der Waals surface area contributed by atoms with Crippen molar-refractivity contribution in [1.29, 1.82) is 0 Å². The van der Waals surface area contributed by atoms with Gasteiger partial charge in [0, 0.05) is 35.6 Å². The zero-order chi connectivity index (χ0) is 24.9. The van der Waals surface area contributed by atoms with Crippen molar-refractivity contribution in [2.75, 3.05) is 0 Å². The molecular weight excluding hydrogens is 468 g/mol. The van der Waals surface area contributed by atoms with Crippen LogP contribution in [0.1, 0.15) is 46.8 Å². The van der Waals surface area contributed by atoms with Crippen molar-refractivity contribution in [2.45, 2.75) is 52.4 Å². The van der Waals surface area contributed by atoms with Crippen LogP contribution in [0.5, 0.6) is 0 Å². The van der Waals surface area contributed by atoms with Crippen LogP contribution < -0.4 is 5.56 Å². The van der Waals surface area contributed by atoms with Crippen LogP contribution in [0.3, 0.4) is 0 Å². The molecular formula is C28H30N6OS. The monoisotopic (exact) mass is 498 g/mol. The minimum atomic E-state index is -0.0546. The minimum absolute atomic E-state index is 0.0366. The summed E-state index contributed by atoms with van der Waals surface area (Å²) in [6.07, 6.45) is 1.67. The van der Waals surface area contributed by atoms with Gasteiger partial charge >= 0.3 is 0 Å². The molecule has 0 radical (unpaired) electrons. The first kappa shape index (κ1) is 24.1. The second-order valence-corrected chi connectivity index (χ2v) is 10.2. The second kappa shape index (κ2) is 11.0. The molecule has 8 heteroatoms. The third kappa shape index (κ3) is 5.45. The summed E-state index contributed by atoms with van der Waals surface area (Å²) >= 11 is 1.72. The molecule has 0 aliphatic heterocycles. The number of H-pyrrole nitrogens is 1. The first-order chi connectivity index (χ1) is 17.6. The minimum Gasteiger partial charge on any atom is -0.322 e. The van der Waals surface area contributed by atoms with Gasteiger partial charge in [0.1, 0.15) is 0 Å². The van der Waals surface area contributed by atoms with Gasteiger partial charge in [-0.15, -0.1) is 16.4 Å². The van der Waals surface area contributed by atoms with Crippen molar-refractivity contribution in [1.82, 2.24) is 30.1 Å². The van der Waals surface area contributed by atoms with E-state index in [2.05, 4.69) is 87.1 Å². The summed E-state index contributed by atoms with van der Waals surface area (Å²) < 4.78 is 1.91. The lowest BCUT2D eigenvalue weighted by molar-refractivity contribution is 0.162. The number of benzene rings is 2. The van der Waals surface area contributed by atoms with E-state index in [0.29, 0.717) is 19.6 Å². The molecule has 184 valence electrons. The Bertz CT molecular complexity index is 1480. The van der Waals surface area contributed by atoms with Gasteiger partial charge in [-0.1, -0.05) is 55.0 Å². The fourth-order valence-corrected chi connectivity index (χ4v) is 5.41. The van der Waals surface area contributed by atoms with Gasteiger partial charge in [-0.25, -0.2) is 4.68 Å². The zero-order valence-corrected chi connectivity index (χ0v) is 21.4. The molecule has 1 atom stereocenters. The van der Waals surface area contributed by atoms with Crippen LogP contribution in [0.2, 0.25) is 0 Å². The number of hydrogen-bond acceptors (Lipinski definition) is 6. The van der Waals surface area contributed by atoms with Crippen molar-refractivity contribution in [2.24, 2.45) is 0 Å². The fraction of sp³-hybridized carbons (Fsp3) is 0.286. The highest BCUT2D eigenvalue weighted by atomic mass is 32.1. The van der Waals surface area contributed by atoms with Crippen molar-refractivity contribution in [3.63, 3.8) is 0 Å². The standard InChI is InChI=1S/C28H30N6OS/c1-3-26(27-30-31-32-34(27)14-13-21-8-5-4-6-9-21)33(19-24-10-7-15-36-24)18-23-17-22-16-20(2)11-12-25(22)29-28(23)35/h4-12,15-17,26H,3,13-14,18-19H2,1-2H3,(H,29,35)/t26-/m1/s1. The van der Waals surface area contributed by atoms with Crippen LogP contribution in [-0.4, -0.2) is 30.1 Å². The maximum absolute atomic E-state index is 13.1. The number of nitrogens with one attached hydrogen (secondary N) is 1. The van der Waals surface area contributed by atoms with Crippen LogP contribution in [0.15, 0.2) is 76.9 Å². The number of rotatable bonds is 10. The smallest absolute Gasteiger partial charge is 0.252 e. The number of aryl methyl sites for hydroxylation is 3. The van der Waals surface area contributed by atoms with E-state index in [0.717, 1.165) is 35.1 Å². The van der Waals surface area contributed by atoms with E-state index in [1.54, 1.807) is 11.3 Å².